The lowest BCUT2D eigenvalue weighted by Gasteiger charge is -2.07. The zero-order valence-electron chi connectivity index (χ0n) is 4.77. The summed E-state index contributed by atoms with van der Waals surface area (Å²) in [5.74, 6) is -0.814. The van der Waals surface area contributed by atoms with Gasteiger partial charge in [-0.2, -0.15) is 0 Å². The fourth-order valence-corrected chi connectivity index (χ4v) is 1.09. The summed E-state index contributed by atoms with van der Waals surface area (Å²) in [4.78, 5) is 16.5. The first-order valence-corrected chi connectivity index (χ1v) is 4.16. The van der Waals surface area contributed by atoms with Gasteiger partial charge in [0.25, 0.3) is 0 Å². The summed E-state index contributed by atoms with van der Waals surface area (Å²) in [5.41, 5.74) is 0. The molecule has 1 unspecified atom stereocenters. The molecule has 0 aliphatic heterocycles. The summed E-state index contributed by atoms with van der Waals surface area (Å²) < 4.78 is 10.1. The highest BCUT2D eigenvalue weighted by Gasteiger charge is 2.16. The summed E-state index contributed by atoms with van der Waals surface area (Å²) in [6.07, 6.45) is -0.455. The van der Waals surface area contributed by atoms with E-state index in [1.165, 1.54) is 0 Å². The highest BCUT2D eigenvalue weighted by molar-refractivity contribution is 7.51. The van der Waals surface area contributed by atoms with Crippen LogP contribution in [-0.4, -0.2) is 27.7 Å². The van der Waals surface area contributed by atoms with Gasteiger partial charge in [-0.3, -0.25) is 4.57 Å². The molecule has 0 aliphatic rings. The molecule has 0 amide bonds. The molecule has 2 radical (unpaired) electrons. The van der Waals surface area contributed by atoms with E-state index < -0.39 is 26.3 Å². The molecule has 0 aromatic carbocycles. The van der Waals surface area contributed by atoms with E-state index in [0.717, 1.165) is 0 Å². The number of aliphatic hydroxyl groups is 1. The van der Waals surface area contributed by atoms with E-state index >= 15 is 0 Å². The third kappa shape index (κ3) is 5.99. The molecule has 0 aromatic heterocycles. The number of aliphatic hydroxyl groups excluding tert-OH is 1. The molecule has 0 saturated heterocycles. The van der Waals surface area contributed by atoms with Crippen molar-refractivity contribution in [1.82, 2.24) is 0 Å². The third-order valence-corrected chi connectivity index (χ3v) is 1.65. The Bertz CT molecular complexity index is 118. The summed E-state index contributed by atoms with van der Waals surface area (Å²) in [7, 11) is -4.02. The maximum Gasteiger partial charge on any atom is 0.325 e. The zero-order chi connectivity index (χ0) is 7.49. The molecule has 0 saturated carbocycles. The average Bonchev–Trinajstić information content (AvgIpc) is 1.62. The van der Waals surface area contributed by atoms with Crippen molar-refractivity contribution >= 4 is 7.60 Å². The van der Waals surface area contributed by atoms with Gasteiger partial charge in [0.1, 0.15) is 0 Å². The standard InChI is InChI=1S/C4H9O4P/c1-4(2-5)3-9(6,7)8/h1,4-5H,2-3H2,(H2,6,7,8). The lowest BCUT2D eigenvalue weighted by Crippen LogP contribution is -2.06. The lowest BCUT2D eigenvalue weighted by molar-refractivity contribution is 0.254. The van der Waals surface area contributed by atoms with Gasteiger partial charge in [0, 0.05) is 6.61 Å². The predicted molar refractivity (Wildman–Crippen MR) is 31.8 cm³/mol. The molecule has 0 fully saturated rings. The Morgan fingerprint density at radius 1 is 1.56 bits per heavy atom. The quantitative estimate of drug-likeness (QED) is 0.475. The van der Waals surface area contributed by atoms with Crippen molar-refractivity contribution in [3.8, 4) is 0 Å². The molecule has 0 bridgehead atoms. The number of hydrogen-bond acceptors (Lipinski definition) is 2. The van der Waals surface area contributed by atoms with Gasteiger partial charge < -0.3 is 14.9 Å². The Morgan fingerprint density at radius 2 is 2.00 bits per heavy atom. The Hall–Kier alpha value is 0.110. The van der Waals surface area contributed by atoms with Gasteiger partial charge in [-0.25, -0.2) is 0 Å². The van der Waals surface area contributed by atoms with E-state index in [-0.39, 0.29) is 0 Å². The van der Waals surface area contributed by atoms with E-state index in [9.17, 15) is 4.57 Å². The van der Waals surface area contributed by atoms with Gasteiger partial charge in [0.2, 0.25) is 0 Å². The third-order valence-electron chi connectivity index (χ3n) is 0.707. The minimum Gasteiger partial charge on any atom is -0.396 e. The topological polar surface area (TPSA) is 77.8 Å². The molecule has 3 N–H and O–H groups in total. The van der Waals surface area contributed by atoms with Crippen LogP contribution in [-0.2, 0) is 4.57 Å². The van der Waals surface area contributed by atoms with Crippen LogP contribution in [0.2, 0.25) is 0 Å². The van der Waals surface area contributed by atoms with Crippen molar-refractivity contribution in [1.29, 1.82) is 0 Å². The second kappa shape index (κ2) is 3.32. The second-order valence-electron chi connectivity index (χ2n) is 1.79. The monoisotopic (exact) mass is 152 g/mol. The molecule has 0 aliphatic carbocycles. The van der Waals surface area contributed by atoms with Crippen molar-refractivity contribution in [3.63, 3.8) is 0 Å². The molecule has 9 heavy (non-hydrogen) atoms. The maximum atomic E-state index is 10.1. The Kier molecular flexibility index (Phi) is 3.36. The molecular weight excluding hydrogens is 143 g/mol. The molecule has 0 rings (SSSR count). The van der Waals surface area contributed by atoms with Crippen molar-refractivity contribution in [2.75, 3.05) is 12.8 Å². The number of hydrogen-bond donors (Lipinski definition) is 3. The van der Waals surface area contributed by atoms with Crippen LogP contribution in [0.4, 0.5) is 0 Å². The van der Waals surface area contributed by atoms with Crippen molar-refractivity contribution in [2.45, 2.75) is 0 Å². The van der Waals surface area contributed by atoms with Gasteiger partial charge in [-0.05, 0) is 12.8 Å². The minimum atomic E-state index is -4.02. The molecule has 0 spiro atoms. The summed E-state index contributed by atoms with van der Waals surface area (Å²) in [6, 6.07) is 0. The summed E-state index contributed by atoms with van der Waals surface area (Å²) in [6.45, 7) is 4.62. The molecule has 1 atom stereocenters. The van der Waals surface area contributed by atoms with Crippen LogP contribution >= 0.6 is 7.60 Å². The summed E-state index contributed by atoms with van der Waals surface area (Å²) >= 11 is 0. The van der Waals surface area contributed by atoms with Gasteiger partial charge in [-0.1, -0.05) is 0 Å². The molecular formula is C4H9O4P. The first-order valence-electron chi connectivity index (χ1n) is 2.36. The summed E-state index contributed by atoms with van der Waals surface area (Å²) in [5, 5.41) is 8.23. The minimum absolute atomic E-state index is 0.398. The van der Waals surface area contributed by atoms with Crippen LogP contribution in [0.5, 0.6) is 0 Å². The molecule has 4 nitrogen and oxygen atoms in total. The van der Waals surface area contributed by atoms with Crippen molar-refractivity contribution < 1.29 is 19.5 Å². The van der Waals surface area contributed by atoms with Crippen LogP contribution in [0.25, 0.3) is 0 Å². The lowest BCUT2D eigenvalue weighted by atomic mass is 10.2. The van der Waals surface area contributed by atoms with E-state index in [0.29, 0.717) is 0 Å². The maximum absolute atomic E-state index is 10.1. The Balaban J connectivity index is 3.60. The van der Waals surface area contributed by atoms with Gasteiger partial charge >= 0.3 is 7.60 Å². The van der Waals surface area contributed by atoms with E-state index in [2.05, 4.69) is 0 Å². The first kappa shape index (κ1) is 9.11. The van der Waals surface area contributed by atoms with Crippen LogP contribution in [0.3, 0.4) is 0 Å². The molecule has 5 heteroatoms. The molecule has 0 aromatic rings. The second-order valence-corrected chi connectivity index (χ2v) is 3.48. The Labute approximate surface area is 53.7 Å². The molecule has 54 valence electrons. The first-order chi connectivity index (χ1) is 3.95. The van der Waals surface area contributed by atoms with Gasteiger partial charge in [-0.15, -0.1) is 0 Å². The van der Waals surface area contributed by atoms with E-state index in [1.807, 2.05) is 0 Å². The van der Waals surface area contributed by atoms with Crippen molar-refractivity contribution in [2.24, 2.45) is 5.92 Å². The Morgan fingerprint density at radius 3 is 2.11 bits per heavy atom. The van der Waals surface area contributed by atoms with E-state index in [1.54, 1.807) is 0 Å². The SMILES string of the molecule is [CH]C(CO)CP(=O)(O)O. The highest BCUT2D eigenvalue weighted by Crippen LogP contribution is 2.36. The largest absolute Gasteiger partial charge is 0.396 e. The van der Waals surface area contributed by atoms with E-state index in [4.69, 9.17) is 21.8 Å². The average molecular weight is 152 g/mol. The van der Waals surface area contributed by atoms with Gasteiger partial charge in [0.05, 0.1) is 6.16 Å². The van der Waals surface area contributed by atoms with Crippen LogP contribution in [0.1, 0.15) is 0 Å². The highest BCUT2D eigenvalue weighted by atomic mass is 31.2. The normalized spacial score (nSPS) is 15.6. The smallest absolute Gasteiger partial charge is 0.325 e. The number of rotatable bonds is 3. The van der Waals surface area contributed by atoms with Gasteiger partial charge in [0.15, 0.2) is 0 Å². The van der Waals surface area contributed by atoms with Crippen LogP contribution in [0.15, 0.2) is 0 Å². The zero-order valence-corrected chi connectivity index (χ0v) is 5.66. The van der Waals surface area contributed by atoms with Crippen LogP contribution < -0.4 is 0 Å². The van der Waals surface area contributed by atoms with Crippen LogP contribution in [0, 0.1) is 12.8 Å². The molecule has 0 heterocycles. The van der Waals surface area contributed by atoms with Crippen molar-refractivity contribution in [3.05, 3.63) is 6.92 Å². The fraction of sp³-hybridized carbons (Fsp3) is 0.750. The fourth-order valence-electron chi connectivity index (χ4n) is 0.363. The predicted octanol–water partition coefficient (Wildman–Crippen LogP) is -0.516.